The summed E-state index contributed by atoms with van der Waals surface area (Å²) in [7, 11) is -1.86. The molecule has 166 valence electrons. The average molecular weight is 453 g/mol. The predicted octanol–water partition coefficient (Wildman–Crippen LogP) is 2.65. The highest BCUT2D eigenvalue weighted by Gasteiger charge is 2.27. The van der Waals surface area contributed by atoms with E-state index < -0.39 is 10.0 Å². The predicted molar refractivity (Wildman–Crippen MR) is 121 cm³/mol. The number of hydrogen-bond acceptors (Lipinski definition) is 5. The highest BCUT2D eigenvalue weighted by molar-refractivity contribution is 7.89. The van der Waals surface area contributed by atoms with E-state index in [1.807, 2.05) is 36.5 Å². The number of carbonyl (C=O) groups excluding carboxylic acids is 1. The van der Waals surface area contributed by atoms with E-state index in [1.54, 1.807) is 30.0 Å². The van der Waals surface area contributed by atoms with Crippen LogP contribution in [-0.2, 0) is 21.4 Å². The smallest absolute Gasteiger partial charge is 0.244 e. The molecule has 2 aromatic carbocycles. The number of nitrogens with zero attached hydrogens (tertiary/aromatic N) is 2. The van der Waals surface area contributed by atoms with Crippen molar-refractivity contribution in [3.8, 4) is 11.4 Å². The van der Waals surface area contributed by atoms with Gasteiger partial charge in [0.1, 0.15) is 5.75 Å². The Morgan fingerprint density at radius 1 is 1.12 bits per heavy atom. The molecule has 1 aliphatic rings. The van der Waals surface area contributed by atoms with Crippen molar-refractivity contribution in [2.45, 2.75) is 30.3 Å². The van der Waals surface area contributed by atoms with E-state index in [0.29, 0.717) is 0 Å². The zero-order valence-corrected chi connectivity index (χ0v) is 18.4. The summed E-state index contributed by atoms with van der Waals surface area (Å²) >= 11 is 0. The van der Waals surface area contributed by atoms with Crippen LogP contribution in [0.25, 0.3) is 11.8 Å². The maximum absolute atomic E-state index is 12.2. The molecule has 2 N–H and O–H groups in total. The fraction of sp³-hybridized carbons (Fsp3) is 0.217. The molecule has 1 amide bonds. The first-order chi connectivity index (χ1) is 15.4. The van der Waals surface area contributed by atoms with Crippen LogP contribution in [0.15, 0.2) is 71.8 Å². The van der Waals surface area contributed by atoms with Gasteiger partial charge in [0, 0.05) is 18.3 Å². The second-order valence-corrected chi connectivity index (χ2v) is 9.18. The molecule has 1 fully saturated rings. The summed E-state index contributed by atoms with van der Waals surface area (Å²) in [6.45, 7) is 0.288. The maximum atomic E-state index is 12.2. The number of amides is 1. The first-order valence-corrected chi connectivity index (χ1v) is 11.7. The van der Waals surface area contributed by atoms with E-state index in [4.69, 9.17) is 4.74 Å². The van der Waals surface area contributed by atoms with Gasteiger partial charge in [0.15, 0.2) is 0 Å². The third-order valence-corrected chi connectivity index (χ3v) is 6.48. The molecule has 0 unspecified atom stereocenters. The van der Waals surface area contributed by atoms with Crippen LogP contribution in [0.1, 0.15) is 24.1 Å². The minimum atomic E-state index is -3.47. The van der Waals surface area contributed by atoms with Crippen LogP contribution in [0.4, 0.5) is 0 Å². The van der Waals surface area contributed by atoms with Gasteiger partial charge in [-0.1, -0.05) is 12.1 Å². The van der Waals surface area contributed by atoms with Gasteiger partial charge >= 0.3 is 0 Å². The molecule has 0 spiro atoms. The zero-order chi connectivity index (χ0) is 22.6. The third-order valence-electron chi connectivity index (χ3n) is 4.94. The van der Waals surface area contributed by atoms with Crippen LogP contribution in [-0.4, -0.2) is 37.3 Å². The zero-order valence-electron chi connectivity index (χ0n) is 17.6. The van der Waals surface area contributed by atoms with Crippen molar-refractivity contribution in [2.75, 3.05) is 7.11 Å². The fourth-order valence-corrected chi connectivity index (χ4v) is 4.29. The second kappa shape index (κ2) is 9.37. The number of methoxy groups -OCH3 is 1. The topological polar surface area (TPSA) is 102 Å². The molecule has 9 heteroatoms. The van der Waals surface area contributed by atoms with E-state index in [-0.39, 0.29) is 23.4 Å². The number of carbonyl (C=O) groups is 1. The van der Waals surface area contributed by atoms with Crippen molar-refractivity contribution < 1.29 is 17.9 Å². The number of benzene rings is 2. The minimum absolute atomic E-state index is 0.0610. The Labute approximate surface area is 187 Å². The van der Waals surface area contributed by atoms with E-state index in [2.05, 4.69) is 15.1 Å². The van der Waals surface area contributed by atoms with Gasteiger partial charge in [-0.2, -0.15) is 5.10 Å². The number of hydrogen-bond donors (Lipinski definition) is 2. The minimum Gasteiger partial charge on any atom is -0.497 e. The molecule has 4 rings (SSSR count). The Balaban J connectivity index is 1.29. The van der Waals surface area contributed by atoms with Crippen molar-refractivity contribution >= 4 is 22.0 Å². The SMILES string of the molecule is COc1ccc(-n2ccc(CNC(=O)/C=C/c3ccc(S(=O)(=O)NC4CC4)cc3)n2)cc1. The van der Waals surface area contributed by atoms with E-state index >= 15 is 0 Å². The largest absolute Gasteiger partial charge is 0.497 e. The highest BCUT2D eigenvalue weighted by Crippen LogP contribution is 2.22. The van der Waals surface area contributed by atoms with Crippen molar-refractivity contribution in [3.05, 3.63) is 78.1 Å². The summed E-state index contributed by atoms with van der Waals surface area (Å²) in [6, 6.07) is 15.8. The van der Waals surface area contributed by atoms with Crippen molar-refractivity contribution in [3.63, 3.8) is 0 Å². The monoisotopic (exact) mass is 452 g/mol. The van der Waals surface area contributed by atoms with Gasteiger partial charge in [-0.25, -0.2) is 17.8 Å². The van der Waals surface area contributed by atoms with Crippen LogP contribution in [0.5, 0.6) is 5.75 Å². The van der Waals surface area contributed by atoms with Gasteiger partial charge in [-0.05, 0) is 66.9 Å². The Morgan fingerprint density at radius 3 is 2.50 bits per heavy atom. The Kier molecular flexibility index (Phi) is 6.38. The molecule has 0 bridgehead atoms. The standard InChI is InChI=1S/C23H24N4O4S/c1-31-21-9-7-20(8-10-21)27-15-14-19(25-27)16-24-23(28)13-4-17-2-11-22(12-3-17)32(29,30)26-18-5-6-18/h2-4,7-15,18,26H,5-6,16H2,1H3,(H,24,28)/b13-4+. The van der Waals surface area contributed by atoms with E-state index in [9.17, 15) is 13.2 Å². The number of ether oxygens (including phenoxy) is 1. The molecule has 8 nitrogen and oxygen atoms in total. The highest BCUT2D eigenvalue weighted by atomic mass is 32.2. The summed E-state index contributed by atoms with van der Waals surface area (Å²) in [4.78, 5) is 12.4. The van der Waals surface area contributed by atoms with E-state index in [0.717, 1.165) is 35.5 Å². The third kappa shape index (κ3) is 5.63. The lowest BCUT2D eigenvalue weighted by Crippen LogP contribution is -2.25. The lowest BCUT2D eigenvalue weighted by Gasteiger charge is -2.05. The lowest BCUT2D eigenvalue weighted by molar-refractivity contribution is -0.116. The van der Waals surface area contributed by atoms with Gasteiger partial charge in [0.05, 0.1) is 29.9 Å². The molecule has 1 aromatic heterocycles. The van der Waals surface area contributed by atoms with Crippen molar-refractivity contribution in [1.29, 1.82) is 0 Å². The van der Waals surface area contributed by atoms with Crippen LogP contribution in [0.3, 0.4) is 0 Å². The number of aromatic nitrogens is 2. The maximum Gasteiger partial charge on any atom is 0.244 e. The first kappa shape index (κ1) is 21.8. The van der Waals surface area contributed by atoms with Gasteiger partial charge < -0.3 is 10.1 Å². The number of nitrogens with one attached hydrogen (secondary N) is 2. The Morgan fingerprint density at radius 2 is 1.84 bits per heavy atom. The molecule has 3 aromatic rings. The Bertz CT molecular complexity index is 1210. The van der Waals surface area contributed by atoms with E-state index in [1.165, 1.54) is 18.2 Å². The van der Waals surface area contributed by atoms with Crippen LogP contribution < -0.4 is 14.8 Å². The summed E-state index contributed by atoms with van der Waals surface area (Å²) in [5, 5.41) is 7.25. The molecule has 32 heavy (non-hydrogen) atoms. The number of sulfonamides is 1. The normalized spacial score (nSPS) is 13.9. The average Bonchev–Trinajstić information content (AvgIpc) is 3.48. The van der Waals surface area contributed by atoms with Gasteiger partial charge in [-0.3, -0.25) is 4.79 Å². The molecule has 1 heterocycles. The molecule has 1 saturated carbocycles. The van der Waals surface area contributed by atoms with Crippen LogP contribution in [0.2, 0.25) is 0 Å². The molecular weight excluding hydrogens is 428 g/mol. The van der Waals surface area contributed by atoms with Gasteiger partial charge in [-0.15, -0.1) is 0 Å². The Hall–Kier alpha value is -3.43. The molecule has 0 atom stereocenters. The molecule has 0 radical (unpaired) electrons. The lowest BCUT2D eigenvalue weighted by atomic mass is 10.2. The van der Waals surface area contributed by atoms with Gasteiger partial charge in [0.25, 0.3) is 0 Å². The van der Waals surface area contributed by atoms with Crippen LogP contribution in [0, 0.1) is 0 Å². The number of rotatable bonds is 9. The van der Waals surface area contributed by atoms with Crippen LogP contribution >= 0.6 is 0 Å². The summed E-state index contributed by atoms with van der Waals surface area (Å²) in [5.74, 6) is 0.502. The summed E-state index contributed by atoms with van der Waals surface area (Å²) < 4.78 is 33.9. The molecule has 0 aliphatic heterocycles. The van der Waals surface area contributed by atoms with Crippen molar-refractivity contribution in [1.82, 2.24) is 19.8 Å². The fourth-order valence-electron chi connectivity index (χ4n) is 2.99. The second-order valence-electron chi connectivity index (χ2n) is 7.47. The van der Waals surface area contributed by atoms with Crippen molar-refractivity contribution in [2.24, 2.45) is 0 Å². The summed E-state index contributed by atoms with van der Waals surface area (Å²) in [5.41, 5.74) is 2.34. The molecule has 0 saturated heterocycles. The quantitative estimate of drug-likeness (QED) is 0.486. The van der Waals surface area contributed by atoms with Gasteiger partial charge in [0.2, 0.25) is 15.9 Å². The molecule has 1 aliphatic carbocycles. The molecular formula is C23H24N4O4S. The summed E-state index contributed by atoms with van der Waals surface area (Å²) in [6.07, 6.45) is 6.64. The first-order valence-electron chi connectivity index (χ1n) is 10.2.